The number of anilines is 1. The summed E-state index contributed by atoms with van der Waals surface area (Å²) < 4.78 is 5.09. The molecule has 1 saturated heterocycles. The number of carbonyl (C=O) groups is 3. The molecule has 0 aliphatic carbocycles. The minimum absolute atomic E-state index is 0.283. The van der Waals surface area contributed by atoms with Crippen LogP contribution in [0.25, 0.3) is 6.08 Å². The van der Waals surface area contributed by atoms with Crippen LogP contribution in [0.1, 0.15) is 15.9 Å². The molecule has 0 aromatic heterocycles. The Bertz CT molecular complexity index is 889. The molecule has 2 aromatic carbocycles. The van der Waals surface area contributed by atoms with Crippen LogP contribution in [0.3, 0.4) is 0 Å². The predicted octanol–water partition coefficient (Wildman–Crippen LogP) is 3.20. The van der Waals surface area contributed by atoms with Gasteiger partial charge in [0.15, 0.2) is 5.78 Å². The first-order chi connectivity index (χ1) is 12.5. The molecule has 0 bridgehead atoms. The van der Waals surface area contributed by atoms with Crippen molar-refractivity contribution >= 4 is 40.5 Å². The Hall–Kier alpha value is -3.06. The molecule has 0 unspecified atom stereocenters. The molecule has 2 amide bonds. The smallest absolute Gasteiger partial charge is 0.293 e. The Balaban J connectivity index is 1.74. The summed E-state index contributed by atoms with van der Waals surface area (Å²) in [5, 5.41) is -0.460. The van der Waals surface area contributed by atoms with Gasteiger partial charge in [-0.2, -0.15) is 0 Å². The summed E-state index contributed by atoms with van der Waals surface area (Å²) in [4.78, 5) is 38.2. The van der Waals surface area contributed by atoms with Crippen LogP contribution in [0.5, 0.6) is 5.75 Å². The van der Waals surface area contributed by atoms with Gasteiger partial charge in [0.1, 0.15) is 5.75 Å². The van der Waals surface area contributed by atoms with E-state index in [1.807, 2.05) is 0 Å². The van der Waals surface area contributed by atoms with E-state index >= 15 is 0 Å². The molecule has 1 aliphatic heterocycles. The Kier molecular flexibility index (Phi) is 5.09. The van der Waals surface area contributed by atoms with E-state index in [-0.39, 0.29) is 17.2 Å². The van der Waals surface area contributed by atoms with Gasteiger partial charge in [-0.3, -0.25) is 19.3 Å². The molecule has 2 aromatic rings. The van der Waals surface area contributed by atoms with Gasteiger partial charge in [0.2, 0.25) is 0 Å². The number of methoxy groups -OCH3 is 1. The zero-order valence-electron chi connectivity index (χ0n) is 14.0. The number of Topliss-reactive ketones (excluding diaryl/α,β-unsaturated/α-hetero) is 1. The lowest BCUT2D eigenvalue weighted by Crippen LogP contribution is -2.33. The van der Waals surface area contributed by atoms with Crippen LogP contribution >= 0.6 is 11.8 Å². The van der Waals surface area contributed by atoms with Gasteiger partial charge in [0.25, 0.3) is 11.1 Å². The van der Waals surface area contributed by atoms with Crippen molar-refractivity contribution in [2.75, 3.05) is 19.4 Å². The summed E-state index contributed by atoms with van der Waals surface area (Å²) in [5.74, 6) is -0.0954. The highest BCUT2D eigenvalue weighted by Crippen LogP contribution is 2.32. The Morgan fingerprint density at radius 2 is 1.77 bits per heavy atom. The van der Waals surface area contributed by atoms with E-state index in [9.17, 15) is 14.4 Å². The zero-order chi connectivity index (χ0) is 18.7. The molecular weight excluding hydrogens is 352 g/mol. The summed E-state index contributed by atoms with van der Waals surface area (Å²) in [6, 6.07) is 13.4. The molecule has 0 radical (unpaired) electrons. The molecule has 0 saturated carbocycles. The lowest BCUT2D eigenvalue weighted by atomic mass is 10.1. The molecule has 1 aliphatic rings. The third-order valence-electron chi connectivity index (χ3n) is 3.82. The fourth-order valence-electron chi connectivity index (χ4n) is 2.39. The molecule has 132 valence electrons. The van der Waals surface area contributed by atoms with Crippen molar-refractivity contribution in [1.29, 1.82) is 0 Å². The van der Waals surface area contributed by atoms with Crippen LogP contribution in [0.15, 0.2) is 53.4 Å². The number of benzene rings is 2. The lowest BCUT2D eigenvalue weighted by Gasteiger charge is -2.11. The van der Waals surface area contributed by atoms with E-state index in [1.165, 1.54) is 0 Å². The number of ketones is 1. The Morgan fingerprint density at radius 1 is 1.12 bits per heavy atom. The molecule has 6 nitrogen and oxygen atoms in total. The molecule has 7 heteroatoms. The fourth-order valence-corrected chi connectivity index (χ4v) is 3.23. The highest BCUT2D eigenvalue weighted by molar-refractivity contribution is 8.18. The summed E-state index contributed by atoms with van der Waals surface area (Å²) in [7, 11) is 1.57. The van der Waals surface area contributed by atoms with E-state index in [4.69, 9.17) is 10.5 Å². The van der Waals surface area contributed by atoms with Crippen molar-refractivity contribution in [3.8, 4) is 5.75 Å². The summed E-state index contributed by atoms with van der Waals surface area (Å²) in [5.41, 5.74) is 7.30. The molecule has 2 N–H and O–H groups in total. The molecule has 26 heavy (non-hydrogen) atoms. The van der Waals surface area contributed by atoms with Crippen molar-refractivity contribution in [3.05, 3.63) is 64.6 Å². The molecule has 0 spiro atoms. The highest BCUT2D eigenvalue weighted by Gasteiger charge is 2.36. The SMILES string of the molecule is COc1ccc(C=C2SC(=O)N(CC(=O)c3ccc(N)cc3)C2=O)cc1. The summed E-state index contributed by atoms with van der Waals surface area (Å²) in [6.07, 6.45) is 1.62. The first kappa shape index (κ1) is 17.8. The number of hydrogen-bond acceptors (Lipinski definition) is 6. The van der Waals surface area contributed by atoms with Gasteiger partial charge in [-0.1, -0.05) is 12.1 Å². The molecule has 1 heterocycles. The van der Waals surface area contributed by atoms with Crippen molar-refractivity contribution in [3.63, 3.8) is 0 Å². The van der Waals surface area contributed by atoms with Gasteiger partial charge in [-0.05, 0) is 59.8 Å². The average molecular weight is 368 g/mol. The number of imide groups is 1. The minimum Gasteiger partial charge on any atom is -0.497 e. The number of thioether (sulfide) groups is 1. The second kappa shape index (κ2) is 7.45. The van der Waals surface area contributed by atoms with Crippen molar-refractivity contribution < 1.29 is 19.1 Å². The largest absolute Gasteiger partial charge is 0.497 e. The second-order valence-corrected chi connectivity index (χ2v) is 6.58. The van der Waals surface area contributed by atoms with E-state index in [1.54, 1.807) is 61.7 Å². The van der Waals surface area contributed by atoms with Gasteiger partial charge in [-0.25, -0.2) is 0 Å². The number of nitrogens with zero attached hydrogens (tertiary/aromatic N) is 1. The first-order valence-electron chi connectivity index (χ1n) is 7.76. The molecule has 3 rings (SSSR count). The van der Waals surface area contributed by atoms with Gasteiger partial charge < -0.3 is 10.5 Å². The summed E-state index contributed by atoms with van der Waals surface area (Å²) >= 11 is 0.821. The predicted molar refractivity (Wildman–Crippen MR) is 101 cm³/mol. The zero-order valence-corrected chi connectivity index (χ0v) is 14.8. The second-order valence-electron chi connectivity index (χ2n) is 5.59. The molecule has 1 fully saturated rings. The van der Waals surface area contributed by atoms with Crippen molar-refractivity contribution in [1.82, 2.24) is 4.90 Å². The quantitative estimate of drug-likeness (QED) is 0.495. The monoisotopic (exact) mass is 368 g/mol. The number of nitrogen functional groups attached to an aromatic ring is 1. The number of ether oxygens (including phenoxy) is 1. The number of nitrogens with two attached hydrogens (primary N) is 1. The van der Waals surface area contributed by atoms with Gasteiger partial charge in [0, 0.05) is 11.3 Å². The van der Waals surface area contributed by atoms with Crippen LogP contribution in [0.2, 0.25) is 0 Å². The Morgan fingerprint density at radius 3 is 2.38 bits per heavy atom. The maximum Gasteiger partial charge on any atom is 0.293 e. The van der Waals surface area contributed by atoms with E-state index in [0.29, 0.717) is 17.0 Å². The number of carbonyl (C=O) groups excluding carboxylic acids is 3. The maximum atomic E-state index is 12.5. The highest BCUT2D eigenvalue weighted by atomic mass is 32.2. The molecular formula is C19H16N2O4S. The third-order valence-corrected chi connectivity index (χ3v) is 4.73. The maximum absolute atomic E-state index is 12.5. The fraction of sp³-hybridized carbons (Fsp3) is 0.105. The van der Waals surface area contributed by atoms with Crippen molar-refractivity contribution in [2.45, 2.75) is 0 Å². The average Bonchev–Trinajstić information content (AvgIpc) is 2.90. The van der Waals surface area contributed by atoms with E-state index < -0.39 is 11.1 Å². The third kappa shape index (κ3) is 3.78. The molecule has 0 atom stereocenters. The van der Waals surface area contributed by atoms with Crippen LogP contribution in [-0.2, 0) is 4.79 Å². The van der Waals surface area contributed by atoms with Gasteiger partial charge >= 0.3 is 0 Å². The van der Waals surface area contributed by atoms with Crippen LogP contribution in [0, 0.1) is 0 Å². The number of rotatable bonds is 5. The van der Waals surface area contributed by atoms with Gasteiger partial charge in [-0.15, -0.1) is 0 Å². The van der Waals surface area contributed by atoms with Gasteiger partial charge in [0.05, 0.1) is 18.6 Å². The topological polar surface area (TPSA) is 89.7 Å². The first-order valence-corrected chi connectivity index (χ1v) is 8.58. The van der Waals surface area contributed by atoms with E-state index in [0.717, 1.165) is 22.2 Å². The van der Waals surface area contributed by atoms with E-state index in [2.05, 4.69) is 0 Å². The van der Waals surface area contributed by atoms with Crippen LogP contribution in [0.4, 0.5) is 10.5 Å². The standard InChI is InChI=1S/C19H16N2O4S/c1-25-15-8-2-12(3-9-15)10-17-18(23)21(19(24)26-17)11-16(22)13-4-6-14(20)7-5-13/h2-10H,11,20H2,1H3. The minimum atomic E-state index is -0.473. The van der Waals surface area contributed by atoms with Crippen LogP contribution in [-0.4, -0.2) is 35.5 Å². The Labute approximate surface area is 154 Å². The lowest BCUT2D eigenvalue weighted by molar-refractivity contribution is -0.122. The number of amides is 2. The van der Waals surface area contributed by atoms with Crippen LogP contribution < -0.4 is 10.5 Å². The summed E-state index contributed by atoms with van der Waals surface area (Å²) in [6.45, 7) is -0.297. The van der Waals surface area contributed by atoms with Crippen molar-refractivity contribution in [2.24, 2.45) is 0 Å². The normalized spacial score (nSPS) is 15.6. The number of hydrogen-bond donors (Lipinski definition) is 1.